The van der Waals surface area contributed by atoms with Crippen molar-refractivity contribution >= 4 is 0 Å². The maximum atomic E-state index is 5.73. The molecule has 2 atom stereocenters. The summed E-state index contributed by atoms with van der Waals surface area (Å²) in [5.74, 6) is 0.842. The lowest BCUT2D eigenvalue weighted by Gasteiger charge is -2.18. The molecule has 2 N–H and O–H groups in total. The molecule has 0 heterocycles. The molecule has 0 aliphatic rings. The normalized spacial score (nSPS) is 14.7. The lowest BCUT2D eigenvalue weighted by Crippen LogP contribution is -2.33. The maximum absolute atomic E-state index is 5.73. The van der Waals surface area contributed by atoms with E-state index in [-0.39, 0.29) is 12.1 Å². The largest absolute Gasteiger partial charge is 0.489 e. The van der Waals surface area contributed by atoms with Crippen LogP contribution in [0.4, 0.5) is 0 Å². The Hall–Kier alpha value is -1.06. The van der Waals surface area contributed by atoms with E-state index in [0.717, 1.165) is 11.3 Å². The van der Waals surface area contributed by atoms with Gasteiger partial charge in [0.2, 0.25) is 0 Å². The number of benzene rings is 1. The SMILES string of the molecule is COCc1cccc(OC(C)[C@H](C)N)c1. The number of nitrogens with two attached hydrogens (primary N) is 1. The second kappa shape index (κ2) is 5.73. The summed E-state index contributed by atoms with van der Waals surface area (Å²) in [5.41, 5.74) is 6.83. The minimum absolute atomic E-state index is 0.0165. The second-order valence-corrected chi connectivity index (χ2v) is 3.76. The summed E-state index contributed by atoms with van der Waals surface area (Å²) in [5, 5.41) is 0. The Kier molecular flexibility index (Phi) is 4.59. The first kappa shape index (κ1) is 12.0. The van der Waals surface area contributed by atoms with Gasteiger partial charge in [-0.2, -0.15) is 0 Å². The van der Waals surface area contributed by atoms with Gasteiger partial charge in [0.05, 0.1) is 6.61 Å². The summed E-state index contributed by atoms with van der Waals surface area (Å²) in [7, 11) is 1.68. The van der Waals surface area contributed by atoms with E-state index in [1.807, 2.05) is 38.1 Å². The monoisotopic (exact) mass is 209 g/mol. The molecule has 3 nitrogen and oxygen atoms in total. The van der Waals surface area contributed by atoms with Crippen molar-refractivity contribution in [3.05, 3.63) is 29.8 Å². The molecule has 0 aliphatic heterocycles. The molecule has 3 heteroatoms. The number of hydrogen-bond acceptors (Lipinski definition) is 3. The predicted octanol–water partition coefficient (Wildman–Crippen LogP) is 1.95. The van der Waals surface area contributed by atoms with E-state index in [1.54, 1.807) is 7.11 Å². The Morgan fingerprint density at radius 2 is 2.07 bits per heavy atom. The Bertz CT molecular complexity index is 299. The molecule has 0 aliphatic carbocycles. The molecule has 0 spiro atoms. The van der Waals surface area contributed by atoms with Gasteiger partial charge in [-0.3, -0.25) is 0 Å². The standard InChI is InChI=1S/C12H19NO2/c1-9(13)10(2)15-12-6-4-5-11(7-12)8-14-3/h4-7,9-10H,8,13H2,1-3H3/t9-,10?/m0/s1. The van der Waals surface area contributed by atoms with Crippen LogP contribution in [-0.4, -0.2) is 19.3 Å². The van der Waals surface area contributed by atoms with Gasteiger partial charge in [-0.1, -0.05) is 12.1 Å². The van der Waals surface area contributed by atoms with Crippen molar-refractivity contribution in [3.63, 3.8) is 0 Å². The van der Waals surface area contributed by atoms with Crippen LogP contribution in [0.15, 0.2) is 24.3 Å². The van der Waals surface area contributed by atoms with Gasteiger partial charge in [-0.25, -0.2) is 0 Å². The fourth-order valence-corrected chi connectivity index (χ4v) is 1.20. The smallest absolute Gasteiger partial charge is 0.120 e. The van der Waals surface area contributed by atoms with Crippen LogP contribution >= 0.6 is 0 Å². The summed E-state index contributed by atoms with van der Waals surface area (Å²) in [4.78, 5) is 0. The van der Waals surface area contributed by atoms with Crippen LogP contribution in [0.25, 0.3) is 0 Å². The van der Waals surface area contributed by atoms with E-state index in [0.29, 0.717) is 6.61 Å². The van der Waals surface area contributed by atoms with E-state index in [2.05, 4.69) is 0 Å². The van der Waals surface area contributed by atoms with Gasteiger partial charge in [0.15, 0.2) is 0 Å². The van der Waals surface area contributed by atoms with Crippen molar-refractivity contribution in [2.24, 2.45) is 5.73 Å². The minimum atomic E-state index is 0.0165. The van der Waals surface area contributed by atoms with Crippen LogP contribution in [0, 0.1) is 0 Å². The Labute approximate surface area is 91.2 Å². The molecule has 0 saturated heterocycles. The molecule has 1 unspecified atom stereocenters. The minimum Gasteiger partial charge on any atom is -0.489 e. The third kappa shape index (κ3) is 3.90. The van der Waals surface area contributed by atoms with Crippen molar-refractivity contribution in [1.29, 1.82) is 0 Å². The van der Waals surface area contributed by atoms with Crippen LogP contribution in [0.1, 0.15) is 19.4 Å². The zero-order chi connectivity index (χ0) is 11.3. The fraction of sp³-hybridized carbons (Fsp3) is 0.500. The summed E-state index contributed by atoms with van der Waals surface area (Å²) < 4.78 is 10.7. The Morgan fingerprint density at radius 1 is 1.33 bits per heavy atom. The molecule has 0 radical (unpaired) electrons. The number of methoxy groups -OCH3 is 1. The molecule has 1 rings (SSSR count). The average Bonchev–Trinajstić information content (AvgIpc) is 2.18. The summed E-state index contributed by atoms with van der Waals surface area (Å²) in [6, 6.07) is 7.89. The van der Waals surface area contributed by atoms with E-state index in [4.69, 9.17) is 15.2 Å². The molecular formula is C12H19NO2. The van der Waals surface area contributed by atoms with Crippen molar-refractivity contribution in [2.45, 2.75) is 32.6 Å². The van der Waals surface area contributed by atoms with Gasteiger partial charge in [0.1, 0.15) is 11.9 Å². The van der Waals surface area contributed by atoms with E-state index >= 15 is 0 Å². The van der Waals surface area contributed by atoms with Gasteiger partial charge in [0.25, 0.3) is 0 Å². The lowest BCUT2D eigenvalue weighted by atomic mass is 10.2. The molecular weight excluding hydrogens is 190 g/mol. The lowest BCUT2D eigenvalue weighted by molar-refractivity contribution is 0.181. The van der Waals surface area contributed by atoms with Crippen molar-refractivity contribution < 1.29 is 9.47 Å². The fourth-order valence-electron chi connectivity index (χ4n) is 1.20. The summed E-state index contributed by atoms with van der Waals surface area (Å²) >= 11 is 0. The summed E-state index contributed by atoms with van der Waals surface area (Å²) in [6.07, 6.45) is 0.0165. The molecule has 84 valence electrons. The molecule has 1 aromatic rings. The highest BCUT2D eigenvalue weighted by Crippen LogP contribution is 2.16. The number of ether oxygens (including phenoxy) is 2. The number of rotatable bonds is 5. The Morgan fingerprint density at radius 3 is 2.67 bits per heavy atom. The van der Waals surface area contributed by atoms with Gasteiger partial charge in [-0.15, -0.1) is 0 Å². The van der Waals surface area contributed by atoms with E-state index in [1.165, 1.54) is 0 Å². The first-order chi connectivity index (χ1) is 7.13. The van der Waals surface area contributed by atoms with Crippen LogP contribution in [-0.2, 0) is 11.3 Å². The molecule has 1 aromatic carbocycles. The van der Waals surface area contributed by atoms with Crippen molar-refractivity contribution in [2.75, 3.05) is 7.11 Å². The third-order valence-corrected chi connectivity index (χ3v) is 2.27. The average molecular weight is 209 g/mol. The quantitative estimate of drug-likeness (QED) is 0.806. The zero-order valence-corrected chi connectivity index (χ0v) is 9.57. The highest BCUT2D eigenvalue weighted by atomic mass is 16.5. The predicted molar refractivity (Wildman–Crippen MR) is 60.9 cm³/mol. The number of hydrogen-bond donors (Lipinski definition) is 1. The van der Waals surface area contributed by atoms with Crippen molar-refractivity contribution in [3.8, 4) is 5.75 Å². The van der Waals surface area contributed by atoms with Crippen LogP contribution in [0.2, 0.25) is 0 Å². The van der Waals surface area contributed by atoms with Crippen LogP contribution in [0.5, 0.6) is 5.75 Å². The van der Waals surface area contributed by atoms with E-state index in [9.17, 15) is 0 Å². The van der Waals surface area contributed by atoms with Crippen LogP contribution in [0.3, 0.4) is 0 Å². The first-order valence-corrected chi connectivity index (χ1v) is 5.13. The van der Waals surface area contributed by atoms with Gasteiger partial charge in [-0.05, 0) is 31.5 Å². The highest BCUT2D eigenvalue weighted by molar-refractivity contribution is 5.28. The van der Waals surface area contributed by atoms with E-state index < -0.39 is 0 Å². The van der Waals surface area contributed by atoms with Crippen molar-refractivity contribution in [1.82, 2.24) is 0 Å². The summed E-state index contributed by atoms with van der Waals surface area (Å²) in [6.45, 7) is 4.50. The highest BCUT2D eigenvalue weighted by Gasteiger charge is 2.08. The molecule has 15 heavy (non-hydrogen) atoms. The molecule has 0 saturated carbocycles. The first-order valence-electron chi connectivity index (χ1n) is 5.13. The van der Waals surface area contributed by atoms with Crippen LogP contribution < -0.4 is 10.5 Å². The van der Waals surface area contributed by atoms with Gasteiger partial charge >= 0.3 is 0 Å². The Balaban J connectivity index is 2.64. The molecule has 0 aromatic heterocycles. The van der Waals surface area contributed by atoms with Gasteiger partial charge < -0.3 is 15.2 Å². The van der Waals surface area contributed by atoms with Gasteiger partial charge in [0, 0.05) is 13.2 Å². The molecule has 0 fully saturated rings. The third-order valence-electron chi connectivity index (χ3n) is 2.27. The second-order valence-electron chi connectivity index (χ2n) is 3.76. The zero-order valence-electron chi connectivity index (χ0n) is 9.57. The molecule has 0 amide bonds. The topological polar surface area (TPSA) is 44.5 Å². The maximum Gasteiger partial charge on any atom is 0.120 e. The molecule has 0 bridgehead atoms.